The Kier molecular flexibility index (Phi) is 3.71. The molecule has 1 fully saturated rings. The maximum absolute atomic E-state index is 12.6. The van der Waals surface area contributed by atoms with E-state index in [1.54, 1.807) is 0 Å². The van der Waals surface area contributed by atoms with E-state index in [0.29, 0.717) is 31.3 Å². The van der Waals surface area contributed by atoms with Crippen LogP contribution in [0, 0.1) is 5.41 Å². The number of likely N-dealkylation sites (tertiary alicyclic amines) is 1. The van der Waals surface area contributed by atoms with Crippen LogP contribution in [0.2, 0.25) is 0 Å². The molecular weight excluding hydrogens is 284 g/mol. The number of ether oxygens (including phenoxy) is 1. The van der Waals surface area contributed by atoms with E-state index in [0.717, 1.165) is 24.0 Å². The Hall–Kier alpha value is -1.46. The molecule has 2 aliphatic rings. The van der Waals surface area contributed by atoms with Crippen LogP contribution in [0.1, 0.15) is 41.3 Å². The van der Waals surface area contributed by atoms with E-state index in [1.165, 1.54) is 5.56 Å². The second-order valence-electron chi connectivity index (χ2n) is 6.19. The fraction of sp³-hybridized carbons (Fsp3) is 0.500. The summed E-state index contributed by atoms with van der Waals surface area (Å²) in [5.74, 6) is 0.0923. The molecule has 1 amide bonds. The molecule has 1 aromatic rings. The van der Waals surface area contributed by atoms with Gasteiger partial charge in [-0.3, -0.25) is 4.79 Å². The quantitative estimate of drug-likeness (QED) is 0.852. The molecule has 0 aromatic heterocycles. The second kappa shape index (κ2) is 5.39. The summed E-state index contributed by atoms with van der Waals surface area (Å²) < 4.78 is 5.40. The standard InChI is InChI=1S/C16H20N2O2S/c1-16(15(17)21)4-6-18(7-5-16)14(19)11-2-3-12-9-20-10-13(12)8-11/h2-3,8H,4-7,9-10H2,1H3,(H2,17,21). The van der Waals surface area contributed by atoms with Crippen LogP contribution >= 0.6 is 12.2 Å². The van der Waals surface area contributed by atoms with Gasteiger partial charge in [-0.1, -0.05) is 25.2 Å². The van der Waals surface area contributed by atoms with Crippen molar-refractivity contribution in [3.63, 3.8) is 0 Å². The fourth-order valence-electron chi connectivity index (χ4n) is 2.94. The number of nitrogens with two attached hydrogens (primary N) is 1. The average Bonchev–Trinajstić information content (AvgIpc) is 2.94. The number of rotatable bonds is 2. The Labute approximate surface area is 130 Å². The lowest BCUT2D eigenvalue weighted by atomic mass is 9.80. The average molecular weight is 304 g/mol. The molecule has 0 bridgehead atoms. The predicted molar refractivity (Wildman–Crippen MR) is 85.0 cm³/mol. The van der Waals surface area contributed by atoms with Gasteiger partial charge in [-0.05, 0) is 36.1 Å². The third-order valence-corrected chi connectivity index (χ3v) is 5.21. The topological polar surface area (TPSA) is 55.6 Å². The number of benzene rings is 1. The molecule has 0 spiro atoms. The number of hydrogen-bond donors (Lipinski definition) is 1. The molecule has 0 atom stereocenters. The monoisotopic (exact) mass is 304 g/mol. The number of carbonyl (C=O) groups excluding carboxylic acids is 1. The van der Waals surface area contributed by atoms with Gasteiger partial charge in [0.25, 0.3) is 5.91 Å². The molecule has 0 radical (unpaired) electrons. The van der Waals surface area contributed by atoms with Gasteiger partial charge in [-0.15, -0.1) is 0 Å². The van der Waals surface area contributed by atoms with Gasteiger partial charge in [-0.2, -0.15) is 0 Å². The summed E-state index contributed by atoms with van der Waals surface area (Å²) in [5, 5.41) is 0. The Morgan fingerprint density at radius 2 is 1.95 bits per heavy atom. The minimum Gasteiger partial charge on any atom is -0.393 e. The van der Waals surface area contributed by atoms with Crippen LogP contribution in [0.25, 0.3) is 0 Å². The van der Waals surface area contributed by atoms with Gasteiger partial charge in [0.2, 0.25) is 0 Å². The van der Waals surface area contributed by atoms with Gasteiger partial charge in [0, 0.05) is 24.1 Å². The SMILES string of the molecule is CC1(C(N)=S)CCN(C(=O)c2ccc3c(c2)COC3)CC1. The van der Waals surface area contributed by atoms with E-state index in [-0.39, 0.29) is 11.3 Å². The molecule has 112 valence electrons. The highest BCUT2D eigenvalue weighted by molar-refractivity contribution is 7.80. The van der Waals surface area contributed by atoms with Crippen molar-refractivity contribution in [2.75, 3.05) is 13.1 Å². The van der Waals surface area contributed by atoms with Crippen molar-refractivity contribution in [2.24, 2.45) is 11.1 Å². The van der Waals surface area contributed by atoms with Crippen molar-refractivity contribution >= 4 is 23.1 Å². The molecule has 2 N–H and O–H groups in total. The molecular formula is C16H20N2O2S. The molecule has 3 rings (SSSR count). The van der Waals surface area contributed by atoms with E-state index in [2.05, 4.69) is 6.92 Å². The highest BCUT2D eigenvalue weighted by atomic mass is 32.1. The summed E-state index contributed by atoms with van der Waals surface area (Å²) in [6.07, 6.45) is 1.67. The van der Waals surface area contributed by atoms with Gasteiger partial charge >= 0.3 is 0 Å². The highest BCUT2D eigenvalue weighted by Crippen LogP contribution is 2.32. The van der Waals surface area contributed by atoms with Crippen molar-refractivity contribution in [1.29, 1.82) is 0 Å². The molecule has 1 aromatic carbocycles. The maximum Gasteiger partial charge on any atom is 0.253 e. The Morgan fingerprint density at radius 1 is 1.29 bits per heavy atom. The third kappa shape index (κ3) is 2.68. The summed E-state index contributed by atoms with van der Waals surface area (Å²) in [6, 6.07) is 5.86. The van der Waals surface area contributed by atoms with Gasteiger partial charge in [-0.25, -0.2) is 0 Å². The summed E-state index contributed by atoms with van der Waals surface area (Å²) in [7, 11) is 0. The van der Waals surface area contributed by atoms with E-state index < -0.39 is 0 Å². The molecule has 2 heterocycles. The Bertz CT molecular complexity index is 592. The van der Waals surface area contributed by atoms with E-state index in [9.17, 15) is 4.79 Å². The third-order valence-electron chi connectivity index (χ3n) is 4.72. The zero-order chi connectivity index (χ0) is 15.0. The van der Waals surface area contributed by atoms with E-state index >= 15 is 0 Å². The van der Waals surface area contributed by atoms with Crippen molar-refractivity contribution in [2.45, 2.75) is 33.0 Å². The number of fused-ring (bicyclic) bond motifs is 1. The normalized spacial score (nSPS) is 20.1. The first kappa shape index (κ1) is 14.5. The minimum absolute atomic E-state index is 0.0923. The maximum atomic E-state index is 12.6. The Balaban J connectivity index is 1.71. The predicted octanol–water partition coefficient (Wildman–Crippen LogP) is 2.25. The largest absolute Gasteiger partial charge is 0.393 e. The van der Waals surface area contributed by atoms with E-state index in [4.69, 9.17) is 22.7 Å². The molecule has 4 nitrogen and oxygen atoms in total. The lowest BCUT2D eigenvalue weighted by molar-refractivity contribution is 0.0670. The minimum atomic E-state index is -0.113. The van der Waals surface area contributed by atoms with Gasteiger partial charge in [0.15, 0.2) is 0 Å². The summed E-state index contributed by atoms with van der Waals surface area (Å²) in [6.45, 7) is 4.76. The van der Waals surface area contributed by atoms with Crippen LogP contribution < -0.4 is 5.73 Å². The van der Waals surface area contributed by atoms with Crippen molar-refractivity contribution in [3.8, 4) is 0 Å². The fourth-order valence-corrected chi connectivity index (χ4v) is 3.14. The van der Waals surface area contributed by atoms with Crippen LogP contribution in [0.3, 0.4) is 0 Å². The molecule has 0 aliphatic carbocycles. The number of carbonyl (C=O) groups is 1. The van der Waals surface area contributed by atoms with Gasteiger partial charge in [0.1, 0.15) is 0 Å². The number of nitrogens with zero attached hydrogens (tertiary/aromatic N) is 1. The highest BCUT2D eigenvalue weighted by Gasteiger charge is 2.34. The molecule has 2 aliphatic heterocycles. The molecule has 21 heavy (non-hydrogen) atoms. The molecule has 1 saturated heterocycles. The first-order valence-corrected chi connectivity index (χ1v) is 7.69. The van der Waals surface area contributed by atoms with Crippen molar-refractivity contribution in [1.82, 2.24) is 4.90 Å². The van der Waals surface area contributed by atoms with Crippen LogP contribution in [0.4, 0.5) is 0 Å². The summed E-state index contributed by atoms with van der Waals surface area (Å²) in [5.41, 5.74) is 8.76. The van der Waals surface area contributed by atoms with Gasteiger partial charge < -0.3 is 15.4 Å². The lowest BCUT2D eigenvalue weighted by Gasteiger charge is -2.38. The second-order valence-corrected chi connectivity index (χ2v) is 6.63. The summed E-state index contributed by atoms with van der Waals surface area (Å²) >= 11 is 5.14. The van der Waals surface area contributed by atoms with Gasteiger partial charge in [0.05, 0.1) is 18.2 Å². The smallest absolute Gasteiger partial charge is 0.253 e. The lowest BCUT2D eigenvalue weighted by Crippen LogP contribution is -2.46. The number of amides is 1. The van der Waals surface area contributed by atoms with E-state index in [1.807, 2.05) is 23.1 Å². The molecule has 0 unspecified atom stereocenters. The van der Waals surface area contributed by atoms with Crippen LogP contribution in [-0.2, 0) is 18.0 Å². The van der Waals surface area contributed by atoms with Crippen LogP contribution in [0.15, 0.2) is 18.2 Å². The summed E-state index contributed by atoms with van der Waals surface area (Å²) in [4.78, 5) is 15.1. The van der Waals surface area contributed by atoms with Crippen molar-refractivity contribution in [3.05, 3.63) is 34.9 Å². The Morgan fingerprint density at radius 3 is 2.62 bits per heavy atom. The zero-order valence-electron chi connectivity index (χ0n) is 12.2. The van der Waals surface area contributed by atoms with Crippen LogP contribution in [0.5, 0.6) is 0 Å². The molecule has 5 heteroatoms. The number of piperidine rings is 1. The number of thiocarbonyl (C=S) groups is 1. The zero-order valence-corrected chi connectivity index (χ0v) is 13.0. The van der Waals surface area contributed by atoms with Crippen LogP contribution in [-0.4, -0.2) is 28.9 Å². The van der Waals surface area contributed by atoms with Crippen molar-refractivity contribution < 1.29 is 9.53 Å². The number of hydrogen-bond acceptors (Lipinski definition) is 3. The first-order chi connectivity index (χ1) is 9.99. The first-order valence-electron chi connectivity index (χ1n) is 7.28. The molecule has 0 saturated carbocycles.